The molecule has 0 aliphatic heterocycles. The van der Waals surface area contributed by atoms with Gasteiger partial charge in [0.1, 0.15) is 0 Å². The Morgan fingerprint density at radius 3 is 2.57 bits per heavy atom. The maximum absolute atomic E-state index is 12.8. The van der Waals surface area contributed by atoms with Crippen LogP contribution in [0.15, 0.2) is 30.3 Å². The highest BCUT2D eigenvalue weighted by Gasteiger charge is 2.36. The molecule has 0 fully saturated rings. The molecule has 1 amide bonds. The van der Waals surface area contributed by atoms with Gasteiger partial charge in [-0.3, -0.25) is 9.63 Å². The van der Waals surface area contributed by atoms with Crippen molar-refractivity contribution in [3.05, 3.63) is 58.7 Å². The lowest BCUT2D eigenvalue weighted by Crippen LogP contribution is -2.24. The summed E-state index contributed by atoms with van der Waals surface area (Å²) in [7, 11) is 0. The second-order valence-corrected chi connectivity index (χ2v) is 6.21. The summed E-state index contributed by atoms with van der Waals surface area (Å²) in [4.78, 5) is 24.7. The fraction of sp³-hybridized carbons (Fsp3) is 0.333. The van der Waals surface area contributed by atoms with Gasteiger partial charge in [0.2, 0.25) is 5.91 Å². The van der Waals surface area contributed by atoms with Crippen LogP contribution >= 0.6 is 0 Å². The molecule has 3 aromatic rings. The van der Waals surface area contributed by atoms with Crippen LogP contribution in [0.25, 0.3) is 5.78 Å². The van der Waals surface area contributed by atoms with Crippen molar-refractivity contribution in [3.63, 3.8) is 0 Å². The van der Waals surface area contributed by atoms with Gasteiger partial charge in [-0.2, -0.15) is 18.2 Å². The van der Waals surface area contributed by atoms with Crippen molar-refractivity contribution in [2.75, 3.05) is 0 Å². The highest BCUT2D eigenvalue weighted by Crippen LogP contribution is 2.27. The Kier molecular flexibility index (Phi) is 5.59. The predicted molar refractivity (Wildman–Crippen MR) is 93.0 cm³/mol. The summed E-state index contributed by atoms with van der Waals surface area (Å²) < 4.78 is 39.5. The van der Waals surface area contributed by atoms with Crippen LogP contribution < -0.4 is 5.48 Å². The zero-order valence-electron chi connectivity index (χ0n) is 15.2. The SMILES string of the molecule is Cc1nc2nc(C(F)(F)F)nn2c(C)c1CCC(=O)NOCc1ccccc1. The number of alkyl halides is 3. The van der Waals surface area contributed by atoms with Gasteiger partial charge in [-0.05, 0) is 31.4 Å². The molecule has 0 saturated heterocycles. The fourth-order valence-corrected chi connectivity index (χ4v) is 2.75. The van der Waals surface area contributed by atoms with E-state index in [1.807, 2.05) is 30.3 Å². The van der Waals surface area contributed by atoms with Crippen LogP contribution in [-0.2, 0) is 28.8 Å². The summed E-state index contributed by atoms with van der Waals surface area (Å²) in [6, 6.07) is 9.34. The third kappa shape index (κ3) is 4.45. The molecule has 0 bridgehead atoms. The van der Waals surface area contributed by atoms with Crippen molar-refractivity contribution in [1.29, 1.82) is 0 Å². The minimum Gasteiger partial charge on any atom is -0.273 e. The Bertz CT molecular complexity index is 986. The highest BCUT2D eigenvalue weighted by atomic mass is 19.4. The Morgan fingerprint density at radius 1 is 1.18 bits per heavy atom. The molecule has 28 heavy (non-hydrogen) atoms. The number of carbonyl (C=O) groups is 1. The van der Waals surface area contributed by atoms with Gasteiger partial charge in [0, 0.05) is 17.8 Å². The van der Waals surface area contributed by atoms with Crippen molar-refractivity contribution in [1.82, 2.24) is 25.1 Å². The van der Waals surface area contributed by atoms with Crippen LogP contribution in [0.1, 0.15) is 34.8 Å². The van der Waals surface area contributed by atoms with Crippen molar-refractivity contribution in [3.8, 4) is 0 Å². The number of amides is 1. The molecule has 0 atom stereocenters. The summed E-state index contributed by atoms with van der Waals surface area (Å²) >= 11 is 0. The van der Waals surface area contributed by atoms with Crippen LogP contribution in [0.3, 0.4) is 0 Å². The number of halogens is 3. The largest absolute Gasteiger partial charge is 0.453 e. The van der Waals surface area contributed by atoms with Gasteiger partial charge in [-0.25, -0.2) is 15.0 Å². The molecule has 0 radical (unpaired) electrons. The van der Waals surface area contributed by atoms with E-state index in [4.69, 9.17) is 4.84 Å². The zero-order chi connectivity index (χ0) is 20.3. The molecule has 1 aromatic carbocycles. The number of nitrogens with zero attached hydrogens (tertiary/aromatic N) is 4. The summed E-state index contributed by atoms with van der Waals surface area (Å²) in [5, 5.41) is 3.49. The van der Waals surface area contributed by atoms with Gasteiger partial charge in [-0.15, -0.1) is 5.10 Å². The number of hydrogen-bond donors (Lipinski definition) is 1. The number of aryl methyl sites for hydroxylation is 2. The second kappa shape index (κ2) is 7.93. The van der Waals surface area contributed by atoms with Crippen molar-refractivity contribution in [2.24, 2.45) is 0 Å². The number of rotatable bonds is 6. The van der Waals surface area contributed by atoms with Crippen LogP contribution in [0.5, 0.6) is 0 Å². The van der Waals surface area contributed by atoms with E-state index in [0.29, 0.717) is 17.0 Å². The molecule has 0 saturated carbocycles. The van der Waals surface area contributed by atoms with E-state index in [1.165, 1.54) is 0 Å². The van der Waals surface area contributed by atoms with Crippen LogP contribution in [0.4, 0.5) is 13.2 Å². The van der Waals surface area contributed by atoms with Gasteiger partial charge >= 0.3 is 6.18 Å². The molecule has 0 aliphatic rings. The van der Waals surface area contributed by atoms with Gasteiger partial charge in [-0.1, -0.05) is 30.3 Å². The number of nitrogens with one attached hydrogen (secondary N) is 1. The smallest absolute Gasteiger partial charge is 0.273 e. The van der Waals surface area contributed by atoms with Crippen molar-refractivity contribution >= 4 is 11.7 Å². The van der Waals surface area contributed by atoms with Gasteiger partial charge < -0.3 is 0 Å². The average molecular weight is 393 g/mol. The van der Waals surface area contributed by atoms with E-state index >= 15 is 0 Å². The number of fused-ring (bicyclic) bond motifs is 1. The minimum atomic E-state index is -4.65. The monoisotopic (exact) mass is 393 g/mol. The molecule has 2 aromatic heterocycles. The Hall–Kier alpha value is -3.01. The first-order valence-corrected chi connectivity index (χ1v) is 8.50. The van der Waals surface area contributed by atoms with Gasteiger partial charge in [0.25, 0.3) is 11.6 Å². The number of hydroxylamine groups is 1. The molecule has 2 heterocycles. The normalized spacial score (nSPS) is 11.8. The molecule has 3 rings (SSSR count). The lowest BCUT2D eigenvalue weighted by Gasteiger charge is -2.10. The van der Waals surface area contributed by atoms with Crippen molar-refractivity contribution < 1.29 is 22.8 Å². The minimum absolute atomic E-state index is 0.0878. The molecular formula is C18H18F3N5O2. The van der Waals surface area contributed by atoms with E-state index < -0.39 is 12.0 Å². The number of aromatic nitrogens is 4. The molecule has 10 heteroatoms. The standard InChI is InChI=1S/C18H18F3N5O2/c1-11-14(8-9-15(27)25-28-10-13-6-4-3-5-7-13)12(2)26-17(22-11)23-16(24-26)18(19,20)21/h3-7H,8-10H2,1-2H3,(H,25,27). The van der Waals surface area contributed by atoms with E-state index in [0.717, 1.165) is 10.1 Å². The first-order valence-electron chi connectivity index (χ1n) is 8.50. The van der Waals surface area contributed by atoms with Gasteiger partial charge in [0.05, 0.1) is 6.61 Å². The Labute approximate surface area is 158 Å². The predicted octanol–water partition coefficient (Wildman–Crippen LogP) is 2.94. The van der Waals surface area contributed by atoms with E-state index in [1.54, 1.807) is 13.8 Å². The number of benzene rings is 1. The first kappa shape index (κ1) is 19.7. The highest BCUT2D eigenvalue weighted by molar-refractivity contribution is 5.75. The molecule has 148 valence electrons. The summed E-state index contributed by atoms with van der Waals surface area (Å²) in [5.74, 6) is -1.71. The number of hydrogen-bond acceptors (Lipinski definition) is 5. The molecule has 7 nitrogen and oxygen atoms in total. The average Bonchev–Trinajstić information content (AvgIpc) is 3.07. The van der Waals surface area contributed by atoms with E-state index in [-0.39, 0.29) is 31.1 Å². The Morgan fingerprint density at radius 2 is 1.89 bits per heavy atom. The summed E-state index contributed by atoms with van der Waals surface area (Å²) in [5.41, 5.74) is 4.88. The summed E-state index contributed by atoms with van der Waals surface area (Å²) in [6.07, 6.45) is -4.28. The second-order valence-electron chi connectivity index (χ2n) is 6.21. The van der Waals surface area contributed by atoms with Crippen LogP contribution in [0.2, 0.25) is 0 Å². The number of carbonyl (C=O) groups excluding carboxylic acids is 1. The lowest BCUT2D eigenvalue weighted by molar-refractivity contribution is -0.144. The third-order valence-electron chi connectivity index (χ3n) is 4.17. The molecule has 0 aliphatic carbocycles. The molecule has 1 N–H and O–H groups in total. The topological polar surface area (TPSA) is 81.4 Å². The quantitative estimate of drug-likeness (QED) is 0.652. The molecular weight excluding hydrogens is 375 g/mol. The zero-order valence-corrected chi connectivity index (χ0v) is 15.2. The molecule has 0 unspecified atom stereocenters. The maximum Gasteiger partial charge on any atom is 0.453 e. The van der Waals surface area contributed by atoms with Crippen LogP contribution in [-0.4, -0.2) is 25.5 Å². The van der Waals surface area contributed by atoms with Crippen LogP contribution in [0, 0.1) is 13.8 Å². The third-order valence-corrected chi connectivity index (χ3v) is 4.17. The first-order chi connectivity index (χ1) is 13.3. The van der Waals surface area contributed by atoms with E-state index in [2.05, 4.69) is 20.5 Å². The maximum atomic E-state index is 12.8. The van der Waals surface area contributed by atoms with Crippen molar-refractivity contribution in [2.45, 2.75) is 39.5 Å². The fourth-order valence-electron chi connectivity index (χ4n) is 2.75. The van der Waals surface area contributed by atoms with E-state index in [9.17, 15) is 18.0 Å². The Balaban J connectivity index is 1.64. The molecule has 0 spiro atoms. The summed E-state index contributed by atoms with van der Waals surface area (Å²) in [6.45, 7) is 3.51. The lowest BCUT2D eigenvalue weighted by atomic mass is 10.1. The van der Waals surface area contributed by atoms with Gasteiger partial charge in [0.15, 0.2) is 0 Å².